The molecule has 0 aromatic heterocycles. The second-order valence-electron chi connectivity index (χ2n) is 5.18. The number of para-hydroxylation sites is 1. The van der Waals surface area contributed by atoms with Crippen molar-refractivity contribution in [2.24, 2.45) is 0 Å². The third-order valence-electron chi connectivity index (χ3n) is 3.38. The van der Waals surface area contributed by atoms with Crippen molar-refractivity contribution < 1.29 is 19.0 Å². The molecular formula is C19H22N2O4S. The van der Waals surface area contributed by atoms with Gasteiger partial charge in [-0.05, 0) is 43.4 Å². The van der Waals surface area contributed by atoms with E-state index in [1.54, 1.807) is 37.4 Å². The summed E-state index contributed by atoms with van der Waals surface area (Å²) in [6.07, 6.45) is 0. The van der Waals surface area contributed by atoms with Crippen LogP contribution in [0, 0.1) is 0 Å². The number of carbonyl (C=O) groups is 1. The third kappa shape index (κ3) is 6.02. The lowest BCUT2D eigenvalue weighted by Crippen LogP contribution is -2.34. The summed E-state index contributed by atoms with van der Waals surface area (Å²) in [6.45, 7) is 3.36. The molecule has 0 saturated heterocycles. The Morgan fingerprint density at radius 3 is 2.69 bits per heavy atom. The van der Waals surface area contributed by atoms with Gasteiger partial charge in [-0.2, -0.15) is 0 Å². The van der Waals surface area contributed by atoms with Crippen LogP contribution in [-0.2, 0) is 4.74 Å². The van der Waals surface area contributed by atoms with E-state index < -0.39 is 0 Å². The molecule has 0 heterocycles. The zero-order valence-corrected chi connectivity index (χ0v) is 15.6. The smallest absolute Gasteiger partial charge is 0.261 e. The summed E-state index contributed by atoms with van der Waals surface area (Å²) in [5, 5.41) is 5.80. The first kappa shape index (κ1) is 19.7. The Kier molecular flexibility index (Phi) is 7.85. The van der Waals surface area contributed by atoms with Gasteiger partial charge in [-0.15, -0.1) is 0 Å². The monoisotopic (exact) mass is 374 g/mol. The highest BCUT2D eigenvalue weighted by Gasteiger charge is 2.13. The molecule has 6 nitrogen and oxygen atoms in total. The maximum Gasteiger partial charge on any atom is 0.261 e. The number of anilines is 1. The summed E-state index contributed by atoms with van der Waals surface area (Å²) in [4.78, 5) is 12.5. The Labute approximate surface area is 158 Å². The molecule has 0 aliphatic carbocycles. The zero-order valence-electron chi connectivity index (χ0n) is 14.8. The van der Waals surface area contributed by atoms with Gasteiger partial charge in [0.25, 0.3) is 5.91 Å². The number of amides is 1. The Hall–Kier alpha value is -2.64. The summed E-state index contributed by atoms with van der Waals surface area (Å²) in [7, 11) is 1.59. The second-order valence-corrected chi connectivity index (χ2v) is 5.59. The van der Waals surface area contributed by atoms with Gasteiger partial charge in [0.15, 0.2) is 5.11 Å². The van der Waals surface area contributed by atoms with Crippen molar-refractivity contribution in [2.75, 3.05) is 32.2 Å². The number of thiocarbonyl (C=S) groups is 1. The van der Waals surface area contributed by atoms with Gasteiger partial charge in [-0.25, -0.2) is 0 Å². The predicted octanol–water partition coefficient (Wildman–Crippen LogP) is 3.24. The van der Waals surface area contributed by atoms with E-state index in [1.807, 2.05) is 25.1 Å². The van der Waals surface area contributed by atoms with Gasteiger partial charge in [0.05, 0.1) is 19.3 Å². The van der Waals surface area contributed by atoms with Crippen LogP contribution in [0.5, 0.6) is 11.5 Å². The molecule has 2 aromatic carbocycles. The topological polar surface area (TPSA) is 68.8 Å². The predicted molar refractivity (Wildman–Crippen MR) is 105 cm³/mol. The largest absolute Gasteiger partial charge is 0.497 e. The highest BCUT2D eigenvalue weighted by molar-refractivity contribution is 7.80. The Bertz CT molecular complexity index is 752. The molecule has 26 heavy (non-hydrogen) atoms. The van der Waals surface area contributed by atoms with Crippen molar-refractivity contribution >= 4 is 28.9 Å². The standard InChI is InChI=1S/C19H22N2O4S/c1-3-24-11-12-25-17-10-5-4-9-16(17)18(22)21-19(26)20-14-7-6-8-15(13-14)23-2/h4-10,13H,3,11-12H2,1-2H3,(H2,20,21,22,26). The molecule has 0 unspecified atom stereocenters. The molecule has 0 aliphatic heterocycles. The fraction of sp³-hybridized carbons (Fsp3) is 0.263. The quantitative estimate of drug-likeness (QED) is 0.546. The van der Waals surface area contributed by atoms with E-state index in [9.17, 15) is 4.79 Å². The van der Waals surface area contributed by atoms with Crippen molar-refractivity contribution in [3.8, 4) is 11.5 Å². The van der Waals surface area contributed by atoms with Crippen molar-refractivity contribution in [3.05, 3.63) is 54.1 Å². The van der Waals surface area contributed by atoms with Crippen LogP contribution in [0.3, 0.4) is 0 Å². The number of nitrogens with one attached hydrogen (secondary N) is 2. The van der Waals surface area contributed by atoms with E-state index in [-0.39, 0.29) is 11.0 Å². The summed E-state index contributed by atoms with van der Waals surface area (Å²) >= 11 is 5.21. The number of hydrogen-bond donors (Lipinski definition) is 2. The Balaban J connectivity index is 1.97. The third-order valence-corrected chi connectivity index (χ3v) is 3.58. The first-order valence-electron chi connectivity index (χ1n) is 8.20. The molecule has 0 fully saturated rings. The van der Waals surface area contributed by atoms with E-state index in [2.05, 4.69) is 10.6 Å². The number of methoxy groups -OCH3 is 1. The van der Waals surface area contributed by atoms with E-state index >= 15 is 0 Å². The molecule has 2 rings (SSSR count). The van der Waals surface area contributed by atoms with E-state index in [0.29, 0.717) is 36.9 Å². The number of carbonyl (C=O) groups excluding carboxylic acids is 1. The minimum absolute atomic E-state index is 0.187. The van der Waals surface area contributed by atoms with Crippen molar-refractivity contribution in [2.45, 2.75) is 6.92 Å². The second kappa shape index (κ2) is 10.4. The molecule has 0 bridgehead atoms. The minimum Gasteiger partial charge on any atom is -0.497 e. The van der Waals surface area contributed by atoms with Gasteiger partial charge >= 0.3 is 0 Å². The Morgan fingerprint density at radius 2 is 1.92 bits per heavy atom. The molecule has 138 valence electrons. The fourth-order valence-electron chi connectivity index (χ4n) is 2.17. The van der Waals surface area contributed by atoms with Gasteiger partial charge in [-0.1, -0.05) is 18.2 Å². The summed E-state index contributed by atoms with van der Waals surface area (Å²) in [6, 6.07) is 14.2. The molecular weight excluding hydrogens is 352 g/mol. The van der Waals surface area contributed by atoms with Gasteiger partial charge in [-0.3, -0.25) is 10.1 Å². The summed E-state index contributed by atoms with van der Waals surface area (Å²) in [5.41, 5.74) is 1.12. The molecule has 1 amide bonds. The Morgan fingerprint density at radius 1 is 1.12 bits per heavy atom. The molecule has 0 aliphatic rings. The van der Waals surface area contributed by atoms with E-state index in [0.717, 1.165) is 5.69 Å². The number of benzene rings is 2. The molecule has 0 radical (unpaired) electrons. The maximum absolute atomic E-state index is 12.5. The zero-order chi connectivity index (χ0) is 18.8. The highest BCUT2D eigenvalue weighted by Crippen LogP contribution is 2.19. The van der Waals surface area contributed by atoms with Crippen LogP contribution < -0.4 is 20.1 Å². The molecule has 0 atom stereocenters. The molecule has 2 aromatic rings. The van der Waals surface area contributed by atoms with Crippen molar-refractivity contribution in [1.29, 1.82) is 0 Å². The molecule has 0 saturated carbocycles. The SMILES string of the molecule is CCOCCOc1ccccc1C(=O)NC(=S)Nc1cccc(OC)c1. The maximum atomic E-state index is 12.5. The normalized spacial score (nSPS) is 10.1. The van der Waals surface area contributed by atoms with E-state index in [1.165, 1.54) is 0 Å². The van der Waals surface area contributed by atoms with Crippen molar-refractivity contribution in [3.63, 3.8) is 0 Å². The van der Waals surface area contributed by atoms with Crippen LogP contribution >= 0.6 is 12.2 Å². The fourth-order valence-corrected chi connectivity index (χ4v) is 2.38. The molecule has 0 spiro atoms. The summed E-state index contributed by atoms with van der Waals surface area (Å²) < 4.78 is 16.0. The van der Waals surface area contributed by atoms with Gasteiger partial charge in [0, 0.05) is 18.4 Å². The first-order chi connectivity index (χ1) is 12.6. The van der Waals surface area contributed by atoms with Crippen LogP contribution in [-0.4, -0.2) is 38.0 Å². The highest BCUT2D eigenvalue weighted by atomic mass is 32.1. The lowest BCUT2D eigenvalue weighted by Gasteiger charge is -2.13. The van der Waals surface area contributed by atoms with Crippen LogP contribution in [0.1, 0.15) is 17.3 Å². The van der Waals surface area contributed by atoms with Crippen LogP contribution in [0.15, 0.2) is 48.5 Å². The lowest BCUT2D eigenvalue weighted by molar-refractivity contribution is 0.0958. The van der Waals surface area contributed by atoms with E-state index in [4.69, 9.17) is 26.4 Å². The summed E-state index contributed by atoms with van der Waals surface area (Å²) in [5.74, 6) is 0.823. The molecule has 2 N–H and O–H groups in total. The average Bonchev–Trinajstić information content (AvgIpc) is 2.65. The average molecular weight is 374 g/mol. The number of hydrogen-bond acceptors (Lipinski definition) is 5. The van der Waals surface area contributed by atoms with Crippen LogP contribution in [0.2, 0.25) is 0 Å². The van der Waals surface area contributed by atoms with Gasteiger partial charge in [0.1, 0.15) is 18.1 Å². The number of ether oxygens (including phenoxy) is 3. The lowest BCUT2D eigenvalue weighted by atomic mass is 10.2. The minimum atomic E-state index is -0.350. The number of rotatable bonds is 8. The molecule has 7 heteroatoms. The first-order valence-corrected chi connectivity index (χ1v) is 8.60. The van der Waals surface area contributed by atoms with Crippen molar-refractivity contribution in [1.82, 2.24) is 5.32 Å². The van der Waals surface area contributed by atoms with Gasteiger partial charge in [0.2, 0.25) is 0 Å². The van der Waals surface area contributed by atoms with Crippen LogP contribution in [0.25, 0.3) is 0 Å². The van der Waals surface area contributed by atoms with Gasteiger partial charge < -0.3 is 19.5 Å². The van der Waals surface area contributed by atoms with Crippen LogP contribution in [0.4, 0.5) is 5.69 Å².